The number of ether oxygens (including phenoxy) is 2. The molecule has 0 heterocycles. The van der Waals surface area contributed by atoms with Crippen molar-refractivity contribution in [1.82, 2.24) is 0 Å². The number of esters is 1. The molecule has 0 amide bonds. The van der Waals surface area contributed by atoms with Crippen LogP contribution in [0.25, 0.3) is 0 Å². The van der Waals surface area contributed by atoms with Crippen LogP contribution in [-0.4, -0.2) is 66.3 Å². The van der Waals surface area contributed by atoms with Crippen LogP contribution in [-0.2, 0) is 27.9 Å². The van der Waals surface area contributed by atoms with Gasteiger partial charge in [-0.05, 0) is 12.8 Å². The van der Waals surface area contributed by atoms with E-state index >= 15 is 0 Å². The maximum atomic E-state index is 12.5. The average Bonchev–Trinajstić information content (AvgIpc) is 3.06. The summed E-state index contributed by atoms with van der Waals surface area (Å²) in [5, 5.41) is 18.3. The van der Waals surface area contributed by atoms with Crippen LogP contribution in [0.4, 0.5) is 0 Å². The molecule has 9 nitrogen and oxygen atoms in total. The lowest BCUT2D eigenvalue weighted by Gasteiger charge is -2.20. The lowest BCUT2D eigenvalue weighted by atomic mass is 10.0. The highest BCUT2D eigenvalue weighted by atomic mass is 31.2. The molecule has 3 N–H and O–H groups in total. The second kappa shape index (κ2) is 35.3. The van der Waals surface area contributed by atoms with Gasteiger partial charge in [0.15, 0.2) is 0 Å². The summed E-state index contributed by atoms with van der Waals surface area (Å²) in [6, 6.07) is 0. The van der Waals surface area contributed by atoms with Gasteiger partial charge in [0.2, 0.25) is 0 Å². The minimum absolute atomic E-state index is 0.0573. The summed E-state index contributed by atoms with van der Waals surface area (Å²) < 4.78 is 33.2. The number of aliphatic hydroxyl groups is 2. The van der Waals surface area contributed by atoms with Gasteiger partial charge in [0, 0.05) is 13.0 Å². The Bertz CT molecular complexity index is 709. The Balaban J connectivity index is 4.14. The van der Waals surface area contributed by atoms with Gasteiger partial charge in [-0.25, -0.2) is 4.57 Å². The number of unbranched alkanes of at least 4 members (excludes halogenated alkanes) is 24. The summed E-state index contributed by atoms with van der Waals surface area (Å²) in [6.07, 6.45) is 30.6. The normalized spacial score (nSPS) is 14.2. The van der Waals surface area contributed by atoms with E-state index < -0.39 is 33.2 Å². The van der Waals surface area contributed by atoms with Crippen molar-refractivity contribution in [2.24, 2.45) is 0 Å². The predicted octanol–water partition coefficient (Wildman–Crippen LogP) is 9.97. The van der Waals surface area contributed by atoms with Crippen LogP contribution >= 0.6 is 7.82 Å². The van der Waals surface area contributed by atoms with E-state index in [2.05, 4.69) is 13.8 Å². The zero-order chi connectivity index (χ0) is 34.7. The van der Waals surface area contributed by atoms with E-state index in [9.17, 15) is 19.4 Å². The molecule has 0 bridgehead atoms. The first-order valence-electron chi connectivity index (χ1n) is 19.5. The van der Waals surface area contributed by atoms with Crippen molar-refractivity contribution in [3.8, 4) is 0 Å². The van der Waals surface area contributed by atoms with Crippen molar-refractivity contribution < 1.29 is 43.0 Å². The molecule has 282 valence electrons. The molecule has 0 aliphatic rings. The van der Waals surface area contributed by atoms with Gasteiger partial charge in [0.05, 0.1) is 26.4 Å². The first-order valence-corrected chi connectivity index (χ1v) is 21.0. The van der Waals surface area contributed by atoms with E-state index in [1.54, 1.807) is 0 Å². The lowest BCUT2D eigenvalue weighted by Crippen LogP contribution is -2.29. The fourth-order valence-electron chi connectivity index (χ4n) is 5.53. The molecule has 47 heavy (non-hydrogen) atoms. The highest BCUT2D eigenvalue weighted by Crippen LogP contribution is 2.43. The van der Waals surface area contributed by atoms with Gasteiger partial charge >= 0.3 is 13.8 Å². The fourth-order valence-corrected chi connectivity index (χ4v) is 6.32. The highest BCUT2D eigenvalue weighted by molar-refractivity contribution is 7.47. The topological polar surface area (TPSA) is 132 Å². The van der Waals surface area contributed by atoms with Gasteiger partial charge < -0.3 is 24.6 Å². The number of carbonyl (C=O) groups is 1. The Labute approximate surface area is 288 Å². The predicted molar refractivity (Wildman–Crippen MR) is 192 cm³/mol. The largest absolute Gasteiger partial charge is 0.472 e. The number of hydrogen-bond acceptors (Lipinski definition) is 8. The minimum Gasteiger partial charge on any atom is -0.457 e. The van der Waals surface area contributed by atoms with Gasteiger partial charge in [-0.3, -0.25) is 13.8 Å². The molecule has 0 saturated heterocycles. The third-order valence-corrected chi connectivity index (χ3v) is 9.49. The maximum Gasteiger partial charge on any atom is 0.472 e. The summed E-state index contributed by atoms with van der Waals surface area (Å²) in [4.78, 5) is 22.4. The number of rotatable bonds is 38. The zero-order valence-electron chi connectivity index (χ0n) is 30.5. The average molecular weight is 695 g/mol. The first kappa shape index (κ1) is 46.5. The molecule has 0 aromatic rings. The molecule has 0 aliphatic carbocycles. The smallest absolute Gasteiger partial charge is 0.457 e. The van der Waals surface area contributed by atoms with E-state index in [4.69, 9.17) is 23.6 Å². The minimum atomic E-state index is -4.50. The second-order valence-electron chi connectivity index (χ2n) is 13.3. The van der Waals surface area contributed by atoms with Crippen molar-refractivity contribution >= 4 is 13.8 Å². The van der Waals surface area contributed by atoms with E-state index in [1.165, 1.54) is 135 Å². The molecule has 0 saturated carbocycles. The molecule has 0 aromatic carbocycles. The summed E-state index contributed by atoms with van der Waals surface area (Å²) in [7, 11) is -4.50. The molecule has 3 atom stereocenters. The number of hydrogen-bond donors (Lipinski definition) is 3. The number of phosphoric ester groups is 1. The Morgan fingerprint density at radius 1 is 0.574 bits per heavy atom. The molecule has 0 spiro atoms. The van der Waals surface area contributed by atoms with E-state index in [-0.39, 0.29) is 25.6 Å². The maximum absolute atomic E-state index is 12.5. The van der Waals surface area contributed by atoms with Crippen LogP contribution in [0.3, 0.4) is 0 Å². The molecule has 1 unspecified atom stereocenters. The van der Waals surface area contributed by atoms with Gasteiger partial charge in [-0.1, -0.05) is 168 Å². The van der Waals surface area contributed by atoms with Gasteiger partial charge in [0.25, 0.3) is 0 Å². The number of phosphoric acid groups is 1. The molecule has 0 rings (SSSR count). The van der Waals surface area contributed by atoms with Crippen molar-refractivity contribution in [1.29, 1.82) is 0 Å². The van der Waals surface area contributed by atoms with Crippen LogP contribution < -0.4 is 0 Å². The summed E-state index contributed by atoms with van der Waals surface area (Å²) >= 11 is 0. The highest BCUT2D eigenvalue weighted by Gasteiger charge is 2.26. The lowest BCUT2D eigenvalue weighted by molar-refractivity contribution is -0.154. The molecule has 0 radical (unpaired) electrons. The van der Waals surface area contributed by atoms with Gasteiger partial charge in [-0.2, -0.15) is 0 Å². The Hall–Kier alpha value is -0.540. The second-order valence-corrected chi connectivity index (χ2v) is 14.8. The van der Waals surface area contributed by atoms with Crippen molar-refractivity contribution in [2.45, 2.75) is 199 Å². The molecule has 0 aliphatic heterocycles. The molecular formula is C37H75O9P. The van der Waals surface area contributed by atoms with Crippen molar-refractivity contribution in [3.63, 3.8) is 0 Å². The first-order chi connectivity index (χ1) is 22.8. The van der Waals surface area contributed by atoms with Crippen LogP contribution in [0.1, 0.15) is 187 Å². The number of carbonyl (C=O) groups excluding carboxylic acids is 1. The Kier molecular flexibility index (Phi) is 34.9. The summed E-state index contributed by atoms with van der Waals surface area (Å²) in [5.74, 6) is -0.381. The van der Waals surface area contributed by atoms with Crippen LogP contribution in [0.5, 0.6) is 0 Å². The monoisotopic (exact) mass is 695 g/mol. The third-order valence-electron chi connectivity index (χ3n) is 8.54. The van der Waals surface area contributed by atoms with E-state index in [0.717, 1.165) is 32.1 Å². The molecule has 10 heteroatoms. The van der Waals surface area contributed by atoms with Crippen LogP contribution in [0.15, 0.2) is 0 Å². The van der Waals surface area contributed by atoms with Gasteiger partial charge in [0.1, 0.15) is 12.2 Å². The van der Waals surface area contributed by atoms with Gasteiger partial charge in [-0.15, -0.1) is 0 Å². The fraction of sp³-hybridized carbons (Fsp3) is 0.973. The third kappa shape index (κ3) is 35.1. The zero-order valence-corrected chi connectivity index (χ0v) is 31.4. The van der Waals surface area contributed by atoms with Crippen molar-refractivity contribution in [2.75, 3.05) is 33.0 Å². The van der Waals surface area contributed by atoms with E-state index in [1.807, 2.05) is 0 Å². The number of aliphatic hydroxyl groups excluding tert-OH is 2. The Morgan fingerprint density at radius 3 is 1.38 bits per heavy atom. The molecule has 0 aromatic heterocycles. The van der Waals surface area contributed by atoms with Crippen molar-refractivity contribution in [3.05, 3.63) is 0 Å². The van der Waals surface area contributed by atoms with Crippen LogP contribution in [0.2, 0.25) is 0 Å². The quantitative estimate of drug-likeness (QED) is 0.0328. The van der Waals surface area contributed by atoms with Crippen LogP contribution in [0, 0.1) is 0 Å². The molecule has 0 fully saturated rings. The standard InChI is InChI=1S/C37H75O9P/c1-3-5-7-9-11-13-15-16-17-18-19-20-22-24-26-28-30-43-33-36(34-45-47(41,42)44-32-35(39)31-38)46-37(40)29-27-25-23-21-14-12-10-8-6-4-2/h35-36,38-39H,3-34H2,1-2H3,(H,41,42)/t35-,36+/m0/s1. The Morgan fingerprint density at radius 2 is 0.957 bits per heavy atom. The molecular weight excluding hydrogens is 619 g/mol. The summed E-state index contributed by atoms with van der Waals surface area (Å²) in [6.45, 7) is 3.54. The SMILES string of the molecule is CCCCCCCCCCCCCCCCCCOC[C@H](COP(=O)(O)OC[C@@H](O)CO)OC(=O)CCCCCCCCCCCC. The van der Waals surface area contributed by atoms with E-state index in [0.29, 0.717) is 6.61 Å². The summed E-state index contributed by atoms with van der Waals surface area (Å²) in [5.41, 5.74) is 0.